The van der Waals surface area contributed by atoms with Crippen LogP contribution in [0.15, 0.2) is 29.7 Å². The maximum atomic E-state index is 15.7. The molecule has 6 N–H and O–H groups in total. The summed E-state index contributed by atoms with van der Waals surface area (Å²) in [7, 11) is -0.852. The molecule has 5 rings (SSSR count). The second kappa shape index (κ2) is 13.4. The van der Waals surface area contributed by atoms with Gasteiger partial charge in [-0.15, -0.1) is 0 Å². The number of anilines is 2. The van der Waals surface area contributed by atoms with E-state index in [1.54, 1.807) is 0 Å². The number of rotatable bonds is 12. The van der Waals surface area contributed by atoms with Gasteiger partial charge in [-0.25, -0.2) is 28.7 Å². The van der Waals surface area contributed by atoms with Gasteiger partial charge in [0, 0.05) is 46.4 Å². The highest BCUT2D eigenvalue weighted by Crippen LogP contribution is 2.48. The number of aromatic nitrogens is 6. The summed E-state index contributed by atoms with van der Waals surface area (Å²) in [4.78, 5) is 51.5. The van der Waals surface area contributed by atoms with Gasteiger partial charge >= 0.3 is 13.5 Å². The largest absolute Gasteiger partial charge is 0.472 e. The summed E-state index contributed by atoms with van der Waals surface area (Å²) in [6.45, 7) is -0.307. The van der Waals surface area contributed by atoms with Gasteiger partial charge in [0.2, 0.25) is 5.91 Å². The average molecular weight is 658 g/mol. The zero-order valence-corrected chi connectivity index (χ0v) is 25.2. The van der Waals surface area contributed by atoms with Gasteiger partial charge < -0.3 is 40.6 Å². The van der Waals surface area contributed by atoms with Crippen LogP contribution in [0.25, 0.3) is 11.2 Å². The molecule has 1 unspecified atom stereocenters. The Morgan fingerprint density at radius 3 is 2.58 bits per heavy atom. The molecule has 3 aromatic heterocycles. The van der Waals surface area contributed by atoms with Gasteiger partial charge in [-0.3, -0.25) is 23.0 Å². The van der Waals surface area contributed by atoms with Crippen LogP contribution in [0.3, 0.4) is 0 Å². The fraction of sp³-hybridized carbons (Fsp3) is 0.583. The second-order valence-electron chi connectivity index (χ2n) is 10.2. The topological polar surface area (TPSA) is 252 Å². The quantitative estimate of drug-likeness (QED) is 0.176. The molecule has 2 saturated heterocycles. The van der Waals surface area contributed by atoms with Crippen LogP contribution in [0.4, 0.5) is 16.0 Å². The van der Waals surface area contributed by atoms with Gasteiger partial charge in [-0.05, 0) is 6.07 Å². The van der Waals surface area contributed by atoms with Gasteiger partial charge in [-0.1, -0.05) is 0 Å². The summed E-state index contributed by atoms with van der Waals surface area (Å²) in [5.41, 5.74) is 11.2. The number of nitrogens with zero attached hydrogens (tertiary/aromatic N) is 6. The van der Waals surface area contributed by atoms with Crippen molar-refractivity contribution in [2.24, 2.45) is 5.92 Å². The Morgan fingerprint density at radius 2 is 1.89 bits per heavy atom. The molecule has 19 nitrogen and oxygen atoms in total. The molecule has 1 amide bonds. The third kappa shape index (κ3) is 6.68. The first-order chi connectivity index (χ1) is 21.5. The predicted molar refractivity (Wildman–Crippen MR) is 151 cm³/mol. The minimum atomic E-state index is -4.57. The molecule has 0 aromatic carbocycles. The van der Waals surface area contributed by atoms with Crippen LogP contribution in [0.5, 0.6) is 0 Å². The molecular weight excluding hydrogens is 624 g/mol. The van der Waals surface area contributed by atoms with Crippen LogP contribution < -0.4 is 22.5 Å². The smallest absolute Gasteiger partial charge is 0.383 e. The molecule has 0 spiro atoms. The molecule has 0 saturated carbocycles. The van der Waals surface area contributed by atoms with Crippen molar-refractivity contribution in [3.05, 3.63) is 35.4 Å². The van der Waals surface area contributed by atoms with E-state index in [-0.39, 0.29) is 36.7 Å². The molecule has 5 heterocycles. The van der Waals surface area contributed by atoms with Gasteiger partial charge in [0.1, 0.15) is 36.0 Å². The number of imidazole rings is 1. The summed E-state index contributed by atoms with van der Waals surface area (Å²) < 4.78 is 63.3. The maximum Gasteiger partial charge on any atom is 0.472 e. The molecule has 2 aliphatic rings. The number of phosphoric ester groups is 1. The van der Waals surface area contributed by atoms with Crippen molar-refractivity contribution in [3.8, 4) is 0 Å². The first-order valence-corrected chi connectivity index (χ1v) is 15.1. The normalized spacial score (nSPS) is 29.6. The summed E-state index contributed by atoms with van der Waals surface area (Å²) in [6.07, 6.45) is -4.85. The van der Waals surface area contributed by atoms with Crippen molar-refractivity contribution in [1.29, 1.82) is 0 Å². The lowest BCUT2D eigenvalue weighted by molar-refractivity contribution is -0.124. The van der Waals surface area contributed by atoms with Crippen molar-refractivity contribution < 1.29 is 46.6 Å². The lowest BCUT2D eigenvalue weighted by Gasteiger charge is -2.25. The van der Waals surface area contributed by atoms with Crippen molar-refractivity contribution in [3.63, 3.8) is 0 Å². The second-order valence-corrected chi connectivity index (χ2v) is 11.8. The maximum absolute atomic E-state index is 15.7. The predicted octanol–water partition coefficient (Wildman–Crippen LogP) is -0.704. The van der Waals surface area contributed by atoms with Crippen LogP contribution in [0.1, 0.15) is 18.9 Å². The number of amides is 1. The Hall–Kier alpha value is -3.62. The van der Waals surface area contributed by atoms with E-state index in [1.165, 1.54) is 43.7 Å². The Labute approximate surface area is 254 Å². The van der Waals surface area contributed by atoms with Crippen molar-refractivity contribution >= 4 is 36.5 Å². The Kier molecular flexibility index (Phi) is 9.75. The standard InChI is InChI=1S/C24H33FN9O10P/c1-39-8-13-11(16(25)22(43-13)33-5-4-14(26)32-24(33)36)6-15(35)28-7-12-18(44-45(37,38)41-3)19(40-2)23(42-12)34-10-31-17-20(27)29-9-30-21(17)34/h4-5,9-13,16,18-19,22-23H,6-8H2,1-3H3,(H,28,35)(H,37,38)(H2,26,32,36)(H2,27,29,30)/t11-,12-,13-,16-,18-,19-,22-,23-/m1/s1. The number of carbonyl (C=O) groups excluding carboxylic acids is 1. The Bertz CT molecular complexity index is 1630. The number of nitrogens with two attached hydrogens (primary N) is 2. The molecule has 2 fully saturated rings. The molecule has 0 radical (unpaired) electrons. The molecule has 9 atom stereocenters. The lowest BCUT2D eigenvalue weighted by atomic mass is 9.95. The number of halogens is 1. The van der Waals surface area contributed by atoms with Crippen molar-refractivity contribution in [2.45, 2.75) is 49.5 Å². The highest BCUT2D eigenvalue weighted by Gasteiger charge is 2.51. The number of nitrogens with one attached hydrogen (secondary N) is 1. The first-order valence-electron chi connectivity index (χ1n) is 13.6. The molecule has 0 aliphatic carbocycles. The summed E-state index contributed by atoms with van der Waals surface area (Å²) >= 11 is 0. The number of fused-ring (bicyclic) bond motifs is 1. The van der Waals surface area contributed by atoms with Crippen molar-refractivity contribution in [2.75, 3.05) is 45.9 Å². The molecular formula is C24H33FN9O10P. The molecule has 0 bridgehead atoms. The monoisotopic (exact) mass is 657 g/mol. The average Bonchev–Trinajstić information content (AvgIpc) is 3.67. The van der Waals surface area contributed by atoms with E-state index in [9.17, 15) is 19.0 Å². The van der Waals surface area contributed by atoms with E-state index in [0.29, 0.717) is 5.65 Å². The van der Waals surface area contributed by atoms with E-state index >= 15 is 4.39 Å². The minimum Gasteiger partial charge on any atom is -0.383 e. The SMILES string of the molecule is COC[C@H]1O[C@@H](n2ccc(N)nc2=O)[C@H](F)[C@@H]1CC(=O)NC[C@H]1O[C@@H](n2cnc3c(N)ncnc32)[C@H](OC)[C@@H]1OP(=O)(O)OC. The summed E-state index contributed by atoms with van der Waals surface area (Å²) in [5, 5.41) is 2.66. The van der Waals surface area contributed by atoms with Gasteiger partial charge in [0.15, 0.2) is 30.1 Å². The van der Waals surface area contributed by atoms with Crippen LogP contribution >= 0.6 is 7.82 Å². The third-order valence-electron chi connectivity index (χ3n) is 7.56. The summed E-state index contributed by atoms with van der Waals surface area (Å²) in [5.74, 6) is -1.53. The zero-order valence-electron chi connectivity index (χ0n) is 24.3. The van der Waals surface area contributed by atoms with Crippen LogP contribution in [0, 0.1) is 5.92 Å². The number of ether oxygens (including phenoxy) is 4. The Balaban J connectivity index is 1.33. The highest BCUT2D eigenvalue weighted by atomic mass is 31.2. The summed E-state index contributed by atoms with van der Waals surface area (Å²) in [6, 6.07) is 1.33. The van der Waals surface area contributed by atoms with E-state index in [4.69, 9.17) is 34.9 Å². The number of hydrogen-bond acceptors (Lipinski definition) is 15. The van der Waals surface area contributed by atoms with E-state index in [0.717, 1.165) is 11.7 Å². The number of carbonyl (C=O) groups is 1. The van der Waals surface area contributed by atoms with Crippen molar-refractivity contribution in [1.82, 2.24) is 34.4 Å². The number of phosphoric acid groups is 1. The van der Waals surface area contributed by atoms with Gasteiger partial charge in [-0.2, -0.15) is 4.98 Å². The van der Waals surface area contributed by atoms with Gasteiger partial charge in [0.25, 0.3) is 0 Å². The van der Waals surface area contributed by atoms with E-state index in [2.05, 4.69) is 29.8 Å². The van der Waals surface area contributed by atoms with E-state index in [1.807, 2.05) is 0 Å². The van der Waals surface area contributed by atoms with E-state index < -0.39 is 68.4 Å². The zero-order chi connectivity index (χ0) is 32.5. The number of alkyl halides is 1. The van der Waals surface area contributed by atoms with Crippen LogP contribution in [0.2, 0.25) is 0 Å². The van der Waals surface area contributed by atoms with Crippen LogP contribution in [-0.4, -0.2) is 105 Å². The Morgan fingerprint density at radius 1 is 1.13 bits per heavy atom. The molecule has 21 heteroatoms. The molecule has 3 aromatic rings. The molecule has 45 heavy (non-hydrogen) atoms. The number of methoxy groups -OCH3 is 2. The van der Waals surface area contributed by atoms with Gasteiger partial charge in [0.05, 0.1) is 19.0 Å². The fourth-order valence-corrected chi connectivity index (χ4v) is 6.06. The highest BCUT2D eigenvalue weighted by molar-refractivity contribution is 7.47. The molecule has 2 aliphatic heterocycles. The number of nitrogen functional groups attached to an aromatic ring is 2. The number of hydrogen-bond donors (Lipinski definition) is 4. The van der Waals surface area contributed by atoms with Crippen LogP contribution in [-0.2, 0) is 37.4 Å². The third-order valence-corrected chi connectivity index (χ3v) is 8.53. The minimum absolute atomic E-state index is 0.0370. The lowest BCUT2D eigenvalue weighted by Crippen LogP contribution is -2.42. The molecule has 246 valence electrons. The first kappa shape index (κ1) is 32.8. The fourth-order valence-electron chi connectivity index (χ4n) is 5.41.